The first kappa shape index (κ1) is 75.6. The Balaban J connectivity index is 2.63. The highest BCUT2D eigenvalue weighted by atomic mass is 16.7. The number of carbonyl (C=O) groups is 2. The van der Waals surface area contributed by atoms with Crippen LogP contribution in [0.2, 0.25) is 0 Å². The fourth-order valence-electron chi connectivity index (χ4n) is 9.77. The third-order valence-corrected chi connectivity index (χ3v) is 15.0. The number of aliphatic hydroxyl groups excluding tert-OH is 5. The summed E-state index contributed by atoms with van der Waals surface area (Å²) in [6.07, 6.45) is 65.8. The van der Waals surface area contributed by atoms with E-state index in [-0.39, 0.29) is 19.4 Å². The van der Waals surface area contributed by atoms with Gasteiger partial charge >= 0.3 is 5.97 Å². The summed E-state index contributed by atoms with van der Waals surface area (Å²) < 4.78 is 17.6. The Morgan fingerprint density at radius 3 is 1.36 bits per heavy atom. The molecule has 0 aromatic rings. The first-order valence-corrected chi connectivity index (χ1v) is 33.0. The molecule has 1 saturated heterocycles. The highest BCUT2D eigenvalue weighted by molar-refractivity contribution is 5.80. The van der Waals surface area contributed by atoms with Crippen LogP contribution in [-0.4, -0.2) is 99.6 Å². The van der Waals surface area contributed by atoms with Gasteiger partial charge in [-0.05, 0) is 103 Å². The molecule has 1 aliphatic heterocycles. The number of rotatable bonds is 55. The van der Waals surface area contributed by atoms with Crippen molar-refractivity contribution in [2.45, 2.75) is 320 Å². The summed E-state index contributed by atoms with van der Waals surface area (Å²) >= 11 is 0. The van der Waals surface area contributed by atoms with Crippen LogP contribution in [0.25, 0.3) is 0 Å². The number of hydrogen-bond acceptors (Lipinski definition) is 10. The SMILES string of the molecule is CC/C=C\C/C=C\C/C=C\C/C=C\C/C=C\CCCCCCC(O)C(=O)NC(COC1OC(CO)C(O)C(O)C1OC(=O)CCCCCCCCCCCCC/C=C\C/C=C\CCCCC)C(O)/C=C/CCCCCCCCCCC. The molecule has 1 amide bonds. The van der Waals surface area contributed by atoms with Gasteiger partial charge in [-0.3, -0.25) is 9.59 Å². The minimum Gasteiger partial charge on any atom is -0.454 e. The smallest absolute Gasteiger partial charge is 0.306 e. The molecule has 0 saturated carbocycles. The Hall–Kier alpha value is -3.42. The predicted molar refractivity (Wildman–Crippen MR) is 338 cm³/mol. The molecule has 6 N–H and O–H groups in total. The average Bonchev–Trinajstić information content (AvgIpc) is 3.51. The first-order chi connectivity index (χ1) is 39.7. The van der Waals surface area contributed by atoms with E-state index in [1.807, 2.05) is 6.08 Å². The van der Waals surface area contributed by atoms with Gasteiger partial charge in [-0.15, -0.1) is 0 Å². The Kier molecular flexibility index (Phi) is 53.2. The minimum absolute atomic E-state index is 0.115. The Labute approximate surface area is 495 Å². The average molecular weight is 1140 g/mol. The first-order valence-electron chi connectivity index (χ1n) is 33.0. The minimum atomic E-state index is -1.62. The second-order valence-electron chi connectivity index (χ2n) is 22.5. The van der Waals surface area contributed by atoms with Crippen molar-refractivity contribution in [2.75, 3.05) is 13.2 Å². The summed E-state index contributed by atoms with van der Waals surface area (Å²) in [6.45, 7) is 5.64. The van der Waals surface area contributed by atoms with Gasteiger partial charge in [-0.25, -0.2) is 0 Å². The van der Waals surface area contributed by atoms with Crippen LogP contribution in [0.4, 0.5) is 0 Å². The van der Waals surface area contributed by atoms with Crippen molar-refractivity contribution in [2.24, 2.45) is 0 Å². The van der Waals surface area contributed by atoms with E-state index in [2.05, 4.69) is 111 Å². The van der Waals surface area contributed by atoms with E-state index >= 15 is 0 Å². The molecule has 1 aliphatic rings. The van der Waals surface area contributed by atoms with Crippen LogP contribution in [0, 0.1) is 0 Å². The lowest BCUT2D eigenvalue weighted by atomic mass is 9.99. The van der Waals surface area contributed by atoms with E-state index in [9.17, 15) is 35.1 Å². The van der Waals surface area contributed by atoms with Crippen molar-refractivity contribution in [3.8, 4) is 0 Å². The van der Waals surface area contributed by atoms with Gasteiger partial charge in [-0.1, -0.05) is 259 Å². The second-order valence-corrected chi connectivity index (χ2v) is 22.5. The number of aliphatic hydroxyl groups is 5. The molecule has 1 fully saturated rings. The van der Waals surface area contributed by atoms with Gasteiger partial charge in [0, 0.05) is 6.42 Å². The zero-order chi connectivity index (χ0) is 58.9. The molecule has 0 spiro atoms. The fraction of sp³-hybridized carbons (Fsp3) is 0.743. The Bertz CT molecular complexity index is 1690. The molecule has 11 heteroatoms. The lowest BCUT2D eigenvalue weighted by Crippen LogP contribution is -2.61. The summed E-state index contributed by atoms with van der Waals surface area (Å²) in [6, 6.07) is -1.04. The summed E-state index contributed by atoms with van der Waals surface area (Å²) in [5, 5.41) is 57.1. The van der Waals surface area contributed by atoms with Crippen LogP contribution in [0.15, 0.2) is 97.2 Å². The highest BCUT2D eigenvalue weighted by Gasteiger charge is 2.47. The van der Waals surface area contributed by atoms with Crippen molar-refractivity contribution in [3.05, 3.63) is 97.2 Å². The van der Waals surface area contributed by atoms with E-state index in [4.69, 9.17) is 14.2 Å². The molecule has 0 aliphatic carbocycles. The molecule has 1 heterocycles. The second kappa shape index (κ2) is 57.0. The van der Waals surface area contributed by atoms with Gasteiger partial charge in [0.1, 0.15) is 24.4 Å². The number of carbonyl (C=O) groups excluding carboxylic acids is 2. The molecule has 0 bridgehead atoms. The lowest BCUT2D eigenvalue weighted by Gasteiger charge is -2.41. The summed E-state index contributed by atoms with van der Waals surface area (Å²) in [4.78, 5) is 26.6. The summed E-state index contributed by atoms with van der Waals surface area (Å²) in [7, 11) is 0. The quantitative estimate of drug-likeness (QED) is 0.0195. The molecule has 1 rings (SSSR count). The normalized spacial score (nSPS) is 19.3. The molecule has 0 aromatic heterocycles. The molecule has 466 valence electrons. The van der Waals surface area contributed by atoms with Crippen molar-refractivity contribution < 1.29 is 49.3 Å². The zero-order valence-electron chi connectivity index (χ0n) is 51.6. The van der Waals surface area contributed by atoms with Crippen LogP contribution in [0.5, 0.6) is 0 Å². The number of ether oxygens (including phenoxy) is 3. The van der Waals surface area contributed by atoms with Crippen LogP contribution in [0.1, 0.15) is 271 Å². The molecular formula is C70H121NO10. The van der Waals surface area contributed by atoms with E-state index < -0.39 is 67.4 Å². The fourth-order valence-corrected chi connectivity index (χ4v) is 9.77. The highest BCUT2D eigenvalue weighted by Crippen LogP contribution is 2.26. The van der Waals surface area contributed by atoms with Gasteiger partial charge in [0.2, 0.25) is 5.91 Å². The number of nitrogens with one attached hydrogen (secondary N) is 1. The number of allylic oxidation sites excluding steroid dienone is 15. The van der Waals surface area contributed by atoms with Crippen molar-refractivity contribution in [1.29, 1.82) is 0 Å². The van der Waals surface area contributed by atoms with Gasteiger partial charge in [-0.2, -0.15) is 0 Å². The van der Waals surface area contributed by atoms with Gasteiger partial charge in [0.05, 0.1) is 25.4 Å². The summed E-state index contributed by atoms with van der Waals surface area (Å²) in [5.41, 5.74) is 0. The van der Waals surface area contributed by atoms with Crippen LogP contribution in [-0.2, 0) is 23.8 Å². The number of hydrogen-bond donors (Lipinski definition) is 6. The molecule has 8 atom stereocenters. The summed E-state index contributed by atoms with van der Waals surface area (Å²) in [5.74, 6) is -1.22. The Morgan fingerprint density at radius 2 is 0.889 bits per heavy atom. The third kappa shape index (κ3) is 44.7. The monoisotopic (exact) mass is 1140 g/mol. The maximum atomic E-state index is 13.4. The molecule has 0 aromatic carbocycles. The predicted octanol–water partition coefficient (Wildman–Crippen LogP) is 16.3. The molecule has 11 nitrogen and oxygen atoms in total. The molecular weight excluding hydrogens is 1010 g/mol. The van der Waals surface area contributed by atoms with E-state index in [0.29, 0.717) is 12.8 Å². The van der Waals surface area contributed by atoms with Crippen molar-refractivity contribution in [3.63, 3.8) is 0 Å². The van der Waals surface area contributed by atoms with E-state index in [1.165, 1.54) is 116 Å². The number of esters is 1. The van der Waals surface area contributed by atoms with Crippen molar-refractivity contribution >= 4 is 11.9 Å². The van der Waals surface area contributed by atoms with E-state index in [0.717, 1.165) is 109 Å². The zero-order valence-corrected chi connectivity index (χ0v) is 51.6. The van der Waals surface area contributed by atoms with E-state index in [1.54, 1.807) is 6.08 Å². The van der Waals surface area contributed by atoms with Crippen LogP contribution in [0.3, 0.4) is 0 Å². The Morgan fingerprint density at radius 1 is 0.494 bits per heavy atom. The number of unbranched alkanes of at least 4 members (excludes halogenated alkanes) is 27. The van der Waals surface area contributed by atoms with Gasteiger partial charge < -0.3 is 45.1 Å². The molecule has 8 unspecified atom stereocenters. The standard InChI is InChI=1S/C70H121NO10/c1-4-7-10-13-16-19-22-24-26-28-30-32-34-36-38-40-43-46-49-52-55-58-65(75)81-68-67(77)66(76)64(59-72)80-70(68)79-60-61(62(73)56-53-50-47-44-41-21-18-15-12-9-6-3)71-69(78)63(74)57-54-51-48-45-42-39-37-35-33-31-29-27-25-23-20-17-14-11-8-5-2/h8,11,16-17,19-20,24-27,31,33,37,39,53,56,61-64,66-68,70,72-74,76-77H,4-7,9-10,12-15,18,21-23,28-30,32,34-36,38,40-52,54-55,57-60H2,1-3H3,(H,71,78)/b11-8-,19-16-,20-17-,26-24-,27-25-,33-31-,39-37-,56-53+. The van der Waals surface area contributed by atoms with Gasteiger partial charge in [0.15, 0.2) is 12.4 Å². The van der Waals surface area contributed by atoms with Crippen LogP contribution < -0.4 is 5.32 Å². The van der Waals surface area contributed by atoms with Crippen molar-refractivity contribution in [1.82, 2.24) is 5.32 Å². The number of amides is 1. The van der Waals surface area contributed by atoms with Crippen LogP contribution >= 0.6 is 0 Å². The largest absolute Gasteiger partial charge is 0.454 e. The lowest BCUT2D eigenvalue weighted by molar-refractivity contribution is -0.305. The maximum absolute atomic E-state index is 13.4. The molecule has 0 radical (unpaired) electrons. The van der Waals surface area contributed by atoms with Gasteiger partial charge in [0.25, 0.3) is 0 Å². The maximum Gasteiger partial charge on any atom is 0.306 e. The topological polar surface area (TPSA) is 175 Å². The molecule has 81 heavy (non-hydrogen) atoms. The third-order valence-electron chi connectivity index (χ3n) is 15.0.